The number of carbonyl (C=O) groups is 1. The predicted octanol–water partition coefficient (Wildman–Crippen LogP) is 1.55. The van der Waals surface area contributed by atoms with Gasteiger partial charge in [-0.1, -0.05) is 0 Å². The molecule has 6 heteroatoms. The van der Waals surface area contributed by atoms with Gasteiger partial charge in [0.1, 0.15) is 11.3 Å². The molecule has 1 amide bonds. The number of carbonyl (C=O) groups excluding carboxylic acids is 1. The first-order chi connectivity index (χ1) is 11.6. The molecule has 2 N–H and O–H groups in total. The molecule has 2 aromatic rings. The van der Waals surface area contributed by atoms with E-state index in [9.17, 15) is 9.59 Å². The lowest BCUT2D eigenvalue weighted by molar-refractivity contribution is -0.127. The number of aliphatic hydroxyl groups excluding tert-OH is 1. The highest BCUT2D eigenvalue weighted by Gasteiger charge is 2.20. The average molecular weight is 331 g/mol. The summed E-state index contributed by atoms with van der Waals surface area (Å²) < 4.78 is 11.0. The fraction of sp³-hybridized carbons (Fsp3) is 0.444. The Kier molecular flexibility index (Phi) is 4.85. The molecule has 6 nitrogen and oxygen atoms in total. The van der Waals surface area contributed by atoms with Crippen LogP contribution in [-0.2, 0) is 17.6 Å². The van der Waals surface area contributed by atoms with E-state index in [4.69, 9.17) is 14.3 Å². The molecule has 0 fully saturated rings. The lowest BCUT2D eigenvalue weighted by Crippen LogP contribution is -2.37. The molecule has 0 aliphatic heterocycles. The fourth-order valence-corrected chi connectivity index (χ4v) is 3.03. The van der Waals surface area contributed by atoms with Crippen LogP contribution in [0.25, 0.3) is 11.0 Å². The van der Waals surface area contributed by atoms with Crippen LogP contribution >= 0.6 is 0 Å². The van der Waals surface area contributed by atoms with Crippen molar-refractivity contribution >= 4 is 16.9 Å². The van der Waals surface area contributed by atoms with Gasteiger partial charge >= 0.3 is 5.63 Å². The molecule has 1 atom stereocenters. The van der Waals surface area contributed by atoms with Gasteiger partial charge in [-0.2, -0.15) is 0 Å². The maximum atomic E-state index is 12.0. The minimum absolute atomic E-state index is 0.0313. The van der Waals surface area contributed by atoms with E-state index in [2.05, 4.69) is 5.32 Å². The van der Waals surface area contributed by atoms with Crippen molar-refractivity contribution in [2.24, 2.45) is 0 Å². The summed E-state index contributed by atoms with van der Waals surface area (Å²) >= 11 is 0. The molecule has 3 rings (SSSR count). The van der Waals surface area contributed by atoms with Gasteiger partial charge in [0.25, 0.3) is 5.91 Å². The molecular formula is C18H21NO5. The predicted molar refractivity (Wildman–Crippen MR) is 89.3 cm³/mol. The number of benzene rings is 1. The number of aryl methyl sites for hydroxylation is 1. The molecule has 0 unspecified atom stereocenters. The van der Waals surface area contributed by atoms with Gasteiger partial charge in [-0.15, -0.1) is 0 Å². The maximum absolute atomic E-state index is 12.0. The first kappa shape index (κ1) is 16.5. The number of fused-ring (bicyclic) bond motifs is 3. The third kappa shape index (κ3) is 3.28. The van der Waals surface area contributed by atoms with Crippen molar-refractivity contribution in [2.45, 2.75) is 38.7 Å². The minimum Gasteiger partial charge on any atom is -0.481 e. The largest absolute Gasteiger partial charge is 0.481 e. The van der Waals surface area contributed by atoms with Gasteiger partial charge in [-0.25, -0.2) is 4.79 Å². The molecule has 1 aromatic heterocycles. The second-order valence-electron chi connectivity index (χ2n) is 5.99. The van der Waals surface area contributed by atoms with E-state index in [0.717, 1.165) is 35.8 Å². The van der Waals surface area contributed by atoms with Crippen molar-refractivity contribution in [1.82, 2.24) is 5.32 Å². The van der Waals surface area contributed by atoms with Crippen LogP contribution < -0.4 is 15.7 Å². The zero-order valence-electron chi connectivity index (χ0n) is 13.6. The molecule has 0 saturated carbocycles. The highest BCUT2D eigenvalue weighted by atomic mass is 16.5. The first-order valence-electron chi connectivity index (χ1n) is 8.24. The highest BCUT2D eigenvalue weighted by molar-refractivity contribution is 5.84. The summed E-state index contributed by atoms with van der Waals surface area (Å²) in [5.41, 5.74) is 2.07. The van der Waals surface area contributed by atoms with Crippen molar-refractivity contribution in [2.75, 3.05) is 13.2 Å². The summed E-state index contributed by atoms with van der Waals surface area (Å²) in [6, 6.07) is 5.33. The fourth-order valence-electron chi connectivity index (χ4n) is 3.03. The van der Waals surface area contributed by atoms with Crippen LogP contribution in [-0.4, -0.2) is 30.3 Å². The van der Waals surface area contributed by atoms with E-state index in [1.54, 1.807) is 19.1 Å². The Labute approximate surface area is 139 Å². The zero-order valence-corrected chi connectivity index (χ0v) is 13.6. The first-order valence-corrected chi connectivity index (χ1v) is 8.24. The average Bonchev–Trinajstić information content (AvgIpc) is 3.05. The van der Waals surface area contributed by atoms with Gasteiger partial charge < -0.3 is 19.6 Å². The van der Waals surface area contributed by atoms with E-state index >= 15 is 0 Å². The molecule has 128 valence electrons. The molecule has 0 bridgehead atoms. The van der Waals surface area contributed by atoms with Crippen LogP contribution in [0.3, 0.4) is 0 Å². The van der Waals surface area contributed by atoms with Crippen LogP contribution in [0.4, 0.5) is 0 Å². The molecule has 0 spiro atoms. The van der Waals surface area contributed by atoms with Crippen LogP contribution in [0.5, 0.6) is 5.75 Å². The van der Waals surface area contributed by atoms with Gasteiger partial charge in [0.05, 0.1) is 0 Å². The number of amides is 1. The van der Waals surface area contributed by atoms with Crippen LogP contribution in [0.2, 0.25) is 0 Å². The quantitative estimate of drug-likeness (QED) is 0.619. The Morgan fingerprint density at radius 2 is 2.17 bits per heavy atom. The van der Waals surface area contributed by atoms with E-state index in [-0.39, 0.29) is 18.1 Å². The lowest BCUT2D eigenvalue weighted by atomic mass is 10.1. The van der Waals surface area contributed by atoms with Crippen molar-refractivity contribution in [3.8, 4) is 5.75 Å². The third-order valence-electron chi connectivity index (χ3n) is 4.26. The SMILES string of the molecule is C[C@@H](Oc1ccc2c3c(c(=O)oc2c1)CCC3)C(=O)NCCCO. The summed E-state index contributed by atoms with van der Waals surface area (Å²) in [5, 5.41) is 12.3. The normalized spacial score (nSPS) is 14.4. The summed E-state index contributed by atoms with van der Waals surface area (Å²) in [6.45, 7) is 2.09. The Morgan fingerprint density at radius 3 is 2.96 bits per heavy atom. The Balaban J connectivity index is 1.78. The standard InChI is InChI=1S/C18H21NO5/c1-11(17(21)19-8-3-9-20)23-12-6-7-14-13-4-2-5-15(13)18(22)24-16(14)10-12/h6-7,10-11,20H,2-5,8-9H2,1H3,(H,19,21)/t11-/m1/s1. The molecular weight excluding hydrogens is 310 g/mol. The minimum atomic E-state index is -0.678. The Hall–Kier alpha value is -2.34. The lowest BCUT2D eigenvalue weighted by Gasteiger charge is -2.15. The summed E-state index contributed by atoms with van der Waals surface area (Å²) in [7, 11) is 0. The highest BCUT2D eigenvalue weighted by Crippen LogP contribution is 2.29. The number of hydrogen-bond donors (Lipinski definition) is 2. The van der Waals surface area contributed by atoms with Gasteiger partial charge in [-0.3, -0.25) is 4.79 Å². The number of aliphatic hydroxyl groups is 1. The smallest absolute Gasteiger partial charge is 0.339 e. The van der Waals surface area contributed by atoms with E-state index < -0.39 is 6.10 Å². The molecule has 1 aliphatic carbocycles. The molecule has 0 radical (unpaired) electrons. The van der Waals surface area contributed by atoms with Crippen LogP contribution in [0, 0.1) is 0 Å². The van der Waals surface area contributed by atoms with Crippen molar-refractivity contribution < 1.29 is 19.1 Å². The summed E-state index contributed by atoms with van der Waals surface area (Å²) in [5.74, 6) is 0.229. The Bertz CT molecular complexity index is 811. The molecule has 0 saturated heterocycles. The van der Waals surface area contributed by atoms with Crippen molar-refractivity contribution in [3.63, 3.8) is 0 Å². The zero-order chi connectivity index (χ0) is 17.1. The number of nitrogens with one attached hydrogen (secondary N) is 1. The van der Waals surface area contributed by atoms with E-state index in [0.29, 0.717) is 24.3 Å². The molecule has 1 aromatic carbocycles. The number of rotatable bonds is 6. The maximum Gasteiger partial charge on any atom is 0.339 e. The monoisotopic (exact) mass is 331 g/mol. The van der Waals surface area contributed by atoms with Gasteiger partial charge in [0, 0.05) is 30.2 Å². The second-order valence-corrected chi connectivity index (χ2v) is 5.99. The molecule has 1 heterocycles. The van der Waals surface area contributed by atoms with Crippen molar-refractivity contribution in [1.29, 1.82) is 0 Å². The van der Waals surface area contributed by atoms with E-state index in [1.165, 1.54) is 0 Å². The molecule has 1 aliphatic rings. The topological polar surface area (TPSA) is 88.8 Å². The second kappa shape index (κ2) is 7.05. The van der Waals surface area contributed by atoms with E-state index in [1.807, 2.05) is 6.07 Å². The van der Waals surface area contributed by atoms with Crippen LogP contribution in [0.1, 0.15) is 30.9 Å². The summed E-state index contributed by atoms with van der Waals surface area (Å²) in [4.78, 5) is 23.9. The van der Waals surface area contributed by atoms with Gasteiger partial charge in [0.2, 0.25) is 0 Å². The van der Waals surface area contributed by atoms with Gasteiger partial charge in [-0.05, 0) is 50.3 Å². The molecule has 24 heavy (non-hydrogen) atoms. The summed E-state index contributed by atoms with van der Waals surface area (Å²) in [6.07, 6.45) is 2.47. The number of hydrogen-bond acceptors (Lipinski definition) is 5. The van der Waals surface area contributed by atoms with Gasteiger partial charge in [0.15, 0.2) is 6.10 Å². The van der Waals surface area contributed by atoms with Crippen LogP contribution in [0.15, 0.2) is 27.4 Å². The number of ether oxygens (including phenoxy) is 1. The Morgan fingerprint density at radius 1 is 1.38 bits per heavy atom. The third-order valence-corrected chi connectivity index (χ3v) is 4.26. The van der Waals surface area contributed by atoms with Crippen molar-refractivity contribution in [3.05, 3.63) is 39.7 Å².